The number of alkyl halides is 2. The van der Waals surface area contributed by atoms with Gasteiger partial charge in [-0.05, 0) is 42.8 Å². The third kappa shape index (κ3) is 7.00. The number of nitrogens with two attached hydrogens (primary N) is 1. The fourth-order valence-corrected chi connectivity index (χ4v) is 3.04. The molecule has 0 spiro atoms. The summed E-state index contributed by atoms with van der Waals surface area (Å²) in [6.07, 6.45) is -3.25. The van der Waals surface area contributed by atoms with Crippen molar-refractivity contribution in [2.24, 2.45) is 10.7 Å². The Morgan fingerprint density at radius 1 is 1.23 bits per heavy atom. The number of amides is 1. The number of primary amides is 1. The molecule has 1 atom stereocenters. The monoisotopic (exact) mass is 511 g/mol. The molecule has 0 aliphatic rings. The molecule has 0 radical (unpaired) electrons. The minimum Gasteiger partial charge on any atom is -0.493 e. The lowest BCUT2D eigenvalue weighted by atomic mass is 10.00. The number of benzene rings is 2. The molecule has 0 aliphatic heterocycles. The molecule has 7 nitrogen and oxygen atoms in total. The Hall–Kier alpha value is -3.50. The lowest BCUT2D eigenvalue weighted by molar-refractivity contribution is -0.119. The molecule has 35 heavy (non-hydrogen) atoms. The van der Waals surface area contributed by atoms with Gasteiger partial charge in [-0.25, -0.2) is 13.2 Å². The summed E-state index contributed by atoms with van der Waals surface area (Å²) in [5, 5.41) is 13.2. The number of hydrogen-bond acceptors (Lipinski definition) is 6. The van der Waals surface area contributed by atoms with Crippen LogP contribution in [0.1, 0.15) is 18.1 Å². The molecule has 0 saturated carbocycles. The van der Waals surface area contributed by atoms with Crippen molar-refractivity contribution in [1.29, 1.82) is 0 Å². The second-order valence-electron chi connectivity index (χ2n) is 7.45. The van der Waals surface area contributed by atoms with Crippen molar-refractivity contribution in [1.82, 2.24) is 5.32 Å². The molecule has 0 saturated heterocycles. The molecule has 188 valence electrons. The van der Waals surface area contributed by atoms with Crippen LogP contribution in [0.4, 0.5) is 13.2 Å². The predicted molar refractivity (Wildman–Crippen MR) is 128 cm³/mol. The number of ether oxygens (including phenoxy) is 2. The third-order valence-electron chi connectivity index (χ3n) is 4.95. The zero-order valence-electron chi connectivity index (χ0n) is 19.1. The zero-order chi connectivity index (χ0) is 26.3. The summed E-state index contributed by atoms with van der Waals surface area (Å²) >= 11 is 5.76. The Labute approximate surface area is 205 Å². The van der Waals surface area contributed by atoms with E-state index in [9.17, 15) is 23.1 Å². The molecule has 1 amide bonds. The summed E-state index contributed by atoms with van der Waals surface area (Å²) in [6.45, 7) is 7.76. The van der Waals surface area contributed by atoms with Gasteiger partial charge < -0.3 is 25.6 Å². The number of aliphatic hydroxyl groups is 1. The molecular formula is C24H25ClF3N3O4. The van der Waals surface area contributed by atoms with Crippen LogP contribution in [0.3, 0.4) is 0 Å². The molecule has 0 aliphatic carbocycles. The molecule has 0 heterocycles. The van der Waals surface area contributed by atoms with Crippen molar-refractivity contribution < 1.29 is 32.5 Å². The van der Waals surface area contributed by atoms with E-state index in [1.54, 1.807) is 6.07 Å². The van der Waals surface area contributed by atoms with Gasteiger partial charge in [0.1, 0.15) is 5.82 Å². The fourth-order valence-electron chi connectivity index (χ4n) is 2.86. The molecule has 0 aromatic heterocycles. The first kappa shape index (κ1) is 27.7. The van der Waals surface area contributed by atoms with E-state index >= 15 is 0 Å². The largest absolute Gasteiger partial charge is 0.493 e. The van der Waals surface area contributed by atoms with Crippen molar-refractivity contribution in [2.75, 3.05) is 20.3 Å². The van der Waals surface area contributed by atoms with E-state index in [4.69, 9.17) is 26.8 Å². The SMILES string of the molecule is C=C(NCC(O)(C(=C)N=C(C)c1ccc(F)c(Cl)c1)C(F)F)c1ccc(OCC(N)=O)c(OC)c1. The first-order valence-corrected chi connectivity index (χ1v) is 10.5. The topological polar surface area (TPSA) is 106 Å². The highest BCUT2D eigenvalue weighted by Gasteiger charge is 2.41. The number of methoxy groups -OCH3 is 1. The van der Waals surface area contributed by atoms with E-state index < -0.39 is 36.0 Å². The number of carbonyl (C=O) groups excluding carboxylic acids is 1. The smallest absolute Gasteiger partial charge is 0.274 e. The van der Waals surface area contributed by atoms with Gasteiger partial charge in [-0.3, -0.25) is 9.79 Å². The van der Waals surface area contributed by atoms with E-state index in [1.165, 1.54) is 38.3 Å². The highest BCUT2D eigenvalue weighted by molar-refractivity contribution is 6.31. The molecule has 11 heteroatoms. The molecular weight excluding hydrogens is 487 g/mol. The number of nitrogens with one attached hydrogen (secondary N) is 1. The van der Waals surface area contributed by atoms with Crippen LogP contribution >= 0.6 is 11.6 Å². The number of hydrogen-bond donors (Lipinski definition) is 3. The van der Waals surface area contributed by atoms with E-state index in [2.05, 4.69) is 23.5 Å². The van der Waals surface area contributed by atoms with Gasteiger partial charge in [-0.1, -0.05) is 30.8 Å². The van der Waals surface area contributed by atoms with Crippen LogP contribution in [-0.4, -0.2) is 49.0 Å². The van der Waals surface area contributed by atoms with Crippen LogP contribution in [0.25, 0.3) is 5.70 Å². The van der Waals surface area contributed by atoms with Gasteiger partial charge in [-0.2, -0.15) is 0 Å². The van der Waals surface area contributed by atoms with Crippen LogP contribution in [0, 0.1) is 5.82 Å². The van der Waals surface area contributed by atoms with Crippen LogP contribution in [0.15, 0.2) is 60.2 Å². The number of nitrogens with zero attached hydrogens (tertiary/aromatic N) is 1. The summed E-state index contributed by atoms with van der Waals surface area (Å²) in [4.78, 5) is 14.9. The van der Waals surface area contributed by atoms with Gasteiger partial charge >= 0.3 is 0 Å². The maximum atomic E-state index is 13.9. The summed E-state index contributed by atoms with van der Waals surface area (Å²) in [5.41, 5.74) is 3.00. The maximum absolute atomic E-state index is 13.9. The van der Waals surface area contributed by atoms with Crippen molar-refractivity contribution in [3.8, 4) is 11.5 Å². The number of halogens is 4. The number of carbonyl (C=O) groups is 1. The van der Waals surface area contributed by atoms with Crippen LogP contribution in [0.2, 0.25) is 5.02 Å². The molecule has 0 bridgehead atoms. The van der Waals surface area contributed by atoms with E-state index in [0.717, 1.165) is 6.07 Å². The summed E-state index contributed by atoms with van der Waals surface area (Å²) in [6, 6.07) is 8.31. The van der Waals surface area contributed by atoms with Crippen molar-refractivity contribution in [2.45, 2.75) is 19.0 Å². The Balaban J connectivity index is 2.19. The van der Waals surface area contributed by atoms with Crippen LogP contribution in [-0.2, 0) is 4.79 Å². The minimum atomic E-state index is -3.25. The van der Waals surface area contributed by atoms with Crippen LogP contribution < -0.4 is 20.5 Å². The Bertz CT molecular complexity index is 1160. The maximum Gasteiger partial charge on any atom is 0.274 e. The zero-order valence-corrected chi connectivity index (χ0v) is 19.8. The predicted octanol–water partition coefficient (Wildman–Crippen LogP) is 3.93. The molecule has 4 N–H and O–H groups in total. The molecule has 2 rings (SSSR count). The number of rotatable bonds is 12. The average Bonchev–Trinajstić information content (AvgIpc) is 2.82. The normalized spacial score (nSPS) is 13.2. The third-order valence-corrected chi connectivity index (χ3v) is 5.24. The Kier molecular flexibility index (Phi) is 9.32. The molecule has 1 unspecified atom stereocenters. The van der Waals surface area contributed by atoms with Crippen molar-refractivity contribution in [3.63, 3.8) is 0 Å². The lowest BCUT2D eigenvalue weighted by Crippen LogP contribution is -2.47. The van der Waals surface area contributed by atoms with Gasteiger partial charge in [0.25, 0.3) is 12.3 Å². The standard InChI is InChI=1S/C24H25ClF3N3O4/c1-13(17-6-8-20(21(10-17)34-4)35-11-22(29)32)30-12-24(33,23(27)28)15(3)31-14(2)16-5-7-19(26)18(25)9-16/h5-10,23,30,33H,1,3,11-12H2,2,4H3,(H2,29,32). The van der Waals surface area contributed by atoms with E-state index in [0.29, 0.717) is 11.1 Å². The molecule has 0 fully saturated rings. The highest BCUT2D eigenvalue weighted by Crippen LogP contribution is 2.31. The van der Waals surface area contributed by atoms with Crippen LogP contribution in [0.5, 0.6) is 11.5 Å². The van der Waals surface area contributed by atoms with Gasteiger partial charge in [0, 0.05) is 17.0 Å². The van der Waals surface area contributed by atoms with Crippen molar-refractivity contribution in [3.05, 3.63) is 77.2 Å². The fraction of sp³-hybridized carbons (Fsp3) is 0.250. The summed E-state index contributed by atoms with van der Waals surface area (Å²) in [7, 11) is 1.38. The molecule has 2 aromatic carbocycles. The second kappa shape index (κ2) is 11.8. The Morgan fingerprint density at radius 3 is 2.46 bits per heavy atom. The highest BCUT2D eigenvalue weighted by atomic mass is 35.5. The van der Waals surface area contributed by atoms with Gasteiger partial charge in [0.15, 0.2) is 23.7 Å². The first-order chi connectivity index (χ1) is 16.4. The van der Waals surface area contributed by atoms with E-state index in [1.807, 2.05) is 0 Å². The second-order valence-corrected chi connectivity index (χ2v) is 7.86. The minimum absolute atomic E-state index is 0.161. The van der Waals surface area contributed by atoms with Gasteiger partial charge in [-0.15, -0.1) is 0 Å². The first-order valence-electron chi connectivity index (χ1n) is 10.1. The number of aliphatic imine (C=N–C) groups is 1. The average molecular weight is 512 g/mol. The summed E-state index contributed by atoms with van der Waals surface area (Å²) < 4.78 is 51.6. The quantitative estimate of drug-likeness (QED) is 0.374. The van der Waals surface area contributed by atoms with E-state index in [-0.39, 0.29) is 34.5 Å². The van der Waals surface area contributed by atoms with Gasteiger partial charge in [0.05, 0.1) is 24.4 Å². The Morgan fingerprint density at radius 2 is 1.89 bits per heavy atom. The van der Waals surface area contributed by atoms with Gasteiger partial charge in [0.2, 0.25) is 0 Å². The van der Waals surface area contributed by atoms with Crippen molar-refractivity contribution >= 4 is 28.9 Å². The summed E-state index contributed by atoms with van der Waals surface area (Å²) in [5.74, 6) is -0.823. The lowest BCUT2D eigenvalue weighted by Gasteiger charge is -2.28. The molecule has 2 aromatic rings.